The highest BCUT2D eigenvalue weighted by molar-refractivity contribution is 6.25. The molecule has 24 heavy (non-hydrogen) atoms. The number of amides is 1. The summed E-state index contributed by atoms with van der Waals surface area (Å²) in [6.07, 6.45) is 1.60. The maximum atomic E-state index is 12.4. The Labute approximate surface area is 142 Å². The third kappa shape index (κ3) is 4.81. The van der Waals surface area contributed by atoms with E-state index in [1.807, 2.05) is 38.1 Å². The van der Waals surface area contributed by atoms with E-state index >= 15 is 0 Å². The predicted molar refractivity (Wildman–Crippen MR) is 96.1 cm³/mol. The lowest BCUT2D eigenvalue weighted by molar-refractivity contribution is -0.118. The number of ketones is 1. The smallest absolute Gasteiger partial charge is 0.259 e. The van der Waals surface area contributed by atoms with Crippen molar-refractivity contribution in [1.29, 1.82) is 0 Å². The lowest BCUT2D eigenvalue weighted by Gasteiger charge is -2.08. The molecule has 2 rings (SSSR count). The Balaban J connectivity index is 2.17. The SMILES string of the molecule is CCOc1ccc(NC(=O)/C(=C/c2ccc(C)cc2)C(C)=O)cc1. The maximum absolute atomic E-state index is 12.4. The molecule has 0 aliphatic heterocycles. The molecule has 0 saturated carbocycles. The number of aryl methyl sites for hydroxylation is 1. The summed E-state index contributed by atoms with van der Waals surface area (Å²) in [6.45, 7) is 5.86. The molecule has 0 bridgehead atoms. The second kappa shape index (κ2) is 8.11. The minimum absolute atomic E-state index is 0.118. The molecule has 0 heterocycles. The van der Waals surface area contributed by atoms with E-state index in [0.29, 0.717) is 12.3 Å². The summed E-state index contributed by atoms with van der Waals surface area (Å²) < 4.78 is 5.36. The van der Waals surface area contributed by atoms with E-state index in [1.165, 1.54) is 6.92 Å². The Bertz CT molecular complexity index is 743. The summed E-state index contributed by atoms with van der Waals surface area (Å²) in [7, 11) is 0. The second-order valence-corrected chi connectivity index (χ2v) is 5.44. The van der Waals surface area contributed by atoms with Crippen molar-refractivity contribution in [3.8, 4) is 5.75 Å². The molecule has 0 unspecified atom stereocenters. The molecule has 1 N–H and O–H groups in total. The maximum Gasteiger partial charge on any atom is 0.259 e. The van der Waals surface area contributed by atoms with Crippen LogP contribution in [0.4, 0.5) is 5.69 Å². The van der Waals surface area contributed by atoms with E-state index in [-0.39, 0.29) is 11.4 Å². The van der Waals surface area contributed by atoms with E-state index in [9.17, 15) is 9.59 Å². The summed E-state index contributed by atoms with van der Waals surface area (Å²) in [5.74, 6) is 0.0312. The van der Waals surface area contributed by atoms with Crippen molar-refractivity contribution < 1.29 is 14.3 Å². The number of nitrogens with one attached hydrogen (secondary N) is 1. The van der Waals surface area contributed by atoms with Crippen molar-refractivity contribution >= 4 is 23.5 Å². The number of carbonyl (C=O) groups excluding carboxylic acids is 2. The van der Waals surface area contributed by atoms with Gasteiger partial charge in [0.25, 0.3) is 5.91 Å². The van der Waals surface area contributed by atoms with Crippen LogP contribution in [-0.2, 0) is 9.59 Å². The molecular formula is C20H21NO3. The molecule has 2 aromatic carbocycles. The number of rotatable bonds is 6. The van der Waals surface area contributed by atoms with Crippen molar-refractivity contribution in [1.82, 2.24) is 0 Å². The topological polar surface area (TPSA) is 55.4 Å². The number of anilines is 1. The first kappa shape index (κ1) is 17.5. The Morgan fingerprint density at radius 1 is 1.04 bits per heavy atom. The molecular weight excluding hydrogens is 302 g/mol. The summed E-state index contributed by atoms with van der Waals surface area (Å²) in [6, 6.07) is 14.7. The van der Waals surface area contributed by atoms with Crippen molar-refractivity contribution in [2.75, 3.05) is 11.9 Å². The van der Waals surface area contributed by atoms with Gasteiger partial charge < -0.3 is 10.1 Å². The van der Waals surface area contributed by atoms with Gasteiger partial charge in [-0.2, -0.15) is 0 Å². The zero-order chi connectivity index (χ0) is 17.5. The highest BCUT2D eigenvalue weighted by Crippen LogP contribution is 2.17. The van der Waals surface area contributed by atoms with Gasteiger partial charge in [-0.05, 0) is 56.7 Å². The van der Waals surface area contributed by atoms with E-state index < -0.39 is 5.91 Å². The van der Waals surface area contributed by atoms with E-state index in [0.717, 1.165) is 16.9 Å². The minimum Gasteiger partial charge on any atom is -0.494 e. The first-order chi connectivity index (χ1) is 11.5. The zero-order valence-electron chi connectivity index (χ0n) is 14.1. The number of carbonyl (C=O) groups is 2. The van der Waals surface area contributed by atoms with Gasteiger partial charge in [0.1, 0.15) is 5.75 Å². The monoisotopic (exact) mass is 323 g/mol. The number of Topliss-reactive ketones (excluding diaryl/α,β-unsaturated/α-hetero) is 1. The molecule has 0 aliphatic carbocycles. The normalized spacial score (nSPS) is 11.0. The van der Waals surface area contributed by atoms with Crippen LogP contribution in [-0.4, -0.2) is 18.3 Å². The molecule has 2 aromatic rings. The third-order valence-corrected chi connectivity index (χ3v) is 3.44. The minimum atomic E-state index is -0.424. The summed E-state index contributed by atoms with van der Waals surface area (Å²) in [5.41, 5.74) is 2.66. The fourth-order valence-corrected chi connectivity index (χ4v) is 2.16. The van der Waals surface area contributed by atoms with Crippen LogP contribution in [0.25, 0.3) is 6.08 Å². The molecule has 4 heteroatoms. The van der Waals surface area contributed by atoms with Gasteiger partial charge >= 0.3 is 0 Å². The predicted octanol–water partition coefficient (Wildman–Crippen LogP) is 4.00. The van der Waals surface area contributed by atoms with Crippen molar-refractivity contribution in [3.63, 3.8) is 0 Å². The molecule has 0 fully saturated rings. The van der Waals surface area contributed by atoms with Crippen LogP contribution in [0.15, 0.2) is 54.1 Å². The molecule has 124 valence electrons. The van der Waals surface area contributed by atoms with Gasteiger partial charge in [0, 0.05) is 5.69 Å². The van der Waals surface area contributed by atoms with Crippen LogP contribution in [0.1, 0.15) is 25.0 Å². The van der Waals surface area contributed by atoms with Crippen molar-refractivity contribution in [3.05, 3.63) is 65.2 Å². The van der Waals surface area contributed by atoms with Crippen LogP contribution in [0.5, 0.6) is 5.75 Å². The van der Waals surface area contributed by atoms with Crippen LogP contribution in [0.3, 0.4) is 0 Å². The standard InChI is InChI=1S/C20H21NO3/c1-4-24-18-11-9-17(10-12-18)21-20(23)19(15(3)22)13-16-7-5-14(2)6-8-16/h5-13H,4H2,1-3H3,(H,21,23)/b19-13+. The molecule has 0 atom stereocenters. The number of hydrogen-bond donors (Lipinski definition) is 1. The average Bonchev–Trinajstić information content (AvgIpc) is 2.56. The lowest BCUT2D eigenvalue weighted by Crippen LogP contribution is -2.18. The van der Waals surface area contributed by atoms with Gasteiger partial charge in [-0.25, -0.2) is 0 Å². The molecule has 1 amide bonds. The largest absolute Gasteiger partial charge is 0.494 e. The molecule has 0 aromatic heterocycles. The first-order valence-electron chi connectivity index (χ1n) is 7.83. The summed E-state index contributed by atoms with van der Waals surface area (Å²) >= 11 is 0. The fraction of sp³-hybridized carbons (Fsp3) is 0.200. The molecule has 0 spiro atoms. The van der Waals surface area contributed by atoms with E-state index in [2.05, 4.69) is 5.32 Å². The fourth-order valence-electron chi connectivity index (χ4n) is 2.16. The van der Waals surface area contributed by atoms with Crippen LogP contribution in [0, 0.1) is 6.92 Å². The van der Waals surface area contributed by atoms with Crippen LogP contribution in [0.2, 0.25) is 0 Å². The molecule has 0 saturated heterocycles. The van der Waals surface area contributed by atoms with Gasteiger partial charge in [0.15, 0.2) is 5.78 Å². The van der Waals surface area contributed by atoms with Crippen molar-refractivity contribution in [2.24, 2.45) is 0 Å². The van der Waals surface area contributed by atoms with E-state index in [1.54, 1.807) is 30.3 Å². The second-order valence-electron chi connectivity index (χ2n) is 5.44. The lowest BCUT2D eigenvalue weighted by atomic mass is 10.1. The molecule has 4 nitrogen and oxygen atoms in total. The van der Waals surface area contributed by atoms with Gasteiger partial charge in [0.2, 0.25) is 0 Å². The molecule has 0 radical (unpaired) electrons. The number of benzene rings is 2. The van der Waals surface area contributed by atoms with Crippen LogP contribution >= 0.6 is 0 Å². The van der Waals surface area contributed by atoms with Crippen molar-refractivity contribution in [2.45, 2.75) is 20.8 Å². The van der Waals surface area contributed by atoms with Gasteiger partial charge in [-0.15, -0.1) is 0 Å². The van der Waals surface area contributed by atoms with Crippen LogP contribution < -0.4 is 10.1 Å². The third-order valence-electron chi connectivity index (χ3n) is 3.44. The summed E-state index contributed by atoms with van der Waals surface area (Å²) in [4.78, 5) is 24.2. The highest BCUT2D eigenvalue weighted by Gasteiger charge is 2.14. The Morgan fingerprint density at radius 2 is 1.67 bits per heavy atom. The van der Waals surface area contributed by atoms with Gasteiger partial charge in [-0.3, -0.25) is 9.59 Å². The zero-order valence-corrected chi connectivity index (χ0v) is 14.1. The first-order valence-corrected chi connectivity index (χ1v) is 7.83. The Kier molecular flexibility index (Phi) is 5.90. The Hall–Kier alpha value is -2.88. The Morgan fingerprint density at radius 3 is 2.21 bits per heavy atom. The summed E-state index contributed by atoms with van der Waals surface area (Å²) in [5, 5.41) is 2.74. The van der Waals surface area contributed by atoms with E-state index in [4.69, 9.17) is 4.74 Å². The average molecular weight is 323 g/mol. The quantitative estimate of drug-likeness (QED) is 0.496. The number of ether oxygens (including phenoxy) is 1. The van der Waals surface area contributed by atoms with Gasteiger partial charge in [0.05, 0.1) is 12.2 Å². The highest BCUT2D eigenvalue weighted by atomic mass is 16.5. The molecule has 0 aliphatic rings. The van der Waals surface area contributed by atoms with Gasteiger partial charge in [-0.1, -0.05) is 29.8 Å². The number of hydrogen-bond acceptors (Lipinski definition) is 3.